The third-order valence-corrected chi connectivity index (χ3v) is 5.29. The first-order chi connectivity index (χ1) is 17.0. The molecular formula is C30H34O5. The number of ether oxygens (including phenoxy) is 2. The van der Waals surface area contributed by atoms with E-state index in [1.54, 1.807) is 42.5 Å². The average Bonchev–Trinajstić information content (AvgIpc) is 2.89. The van der Waals surface area contributed by atoms with E-state index in [4.69, 9.17) is 9.47 Å². The van der Waals surface area contributed by atoms with Crippen LogP contribution in [0.15, 0.2) is 91.0 Å². The Morgan fingerprint density at radius 3 is 2.14 bits per heavy atom. The normalized spacial score (nSPS) is 11.3. The summed E-state index contributed by atoms with van der Waals surface area (Å²) in [6.07, 6.45) is 7.89. The third kappa shape index (κ3) is 10.7. The molecule has 0 bridgehead atoms. The van der Waals surface area contributed by atoms with Crippen molar-refractivity contribution in [2.24, 2.45) is 5.92 Å². The van der Waals surface area contributed by atoms with Crippen LogP contribution in [0.5, 0.6) is 11.5 Å². The summed E-state index contributed by atoms with van der Waals surface area (Å²) in [5.41, 5.74) is 1.17. The van der Waals surface area contributed by atoms with Crippen LogP contribution in [0, 0.1) is 5.92 Å². The average molecular weight is 475 g/mol. The van der Waals surface area contributed by atoms with Crippen molar-refractivity contribution in [3.8, 4) is 11.5 Å². The number of phenolic OH excluding ortho intramolecular Hbond substituents is 1. The van der Waals surface area contributed by atoms with Gasteiger partial charge in [-0.1, -0.05) is 93.8 Å². The second-order valence-corrected chi connectivity index (χ2v) is 8.01. The van der Waals surface area contributed by atoms with Gasteiger partial charge in [-0.15, -0.1) is 0 Å². The highest BCUT2D eigenvalue weighted by atomic mass is 16.5. The van der Waals surface area contributed by atoms with Crippen LogP contribution in [0.4, 0.5) is 0 Å². The van der Waals surface area contributed by atoms with Crippen LogP contribution >= 0.6 is 0 Å². The zero-order chi connectivity index (χ0) is 25.3. The molecule has 0 aromatic heterocycles. The molecule has 1 unspecified atom stereocenters. The zero-order valence-corrected chi connectivity index (χ0v) is 20.4. The highest BCUT2D eigenvalue weighted by molar-refractivity contribution is 5.93. The van der Waals surface area contributed by atoms with Crippen LogP contribution in [-0.2, 0) is 9.53 Å². The van der Waals surface area contributed by atoms with Crippen molar-refractivity contribution in [3.63, 3.8) is 0 Å². The summed E-state index contributed by atoms with van der Waals surface area (Å²) in [6, 6.07) is 24.8. The molecule has 3 rings (SSSR count). The summed E-state index contributed by atoms with van der Waals surface area (Å²) >= 11 is 0. The lowest BCUT2D eigenvalue weighted by Gasteiger charge is -2.13. The maximum atomic E-state index is 11.7. The molecule has 5 heteroatoms. The molecule has 0 saturated carbocycles. The van der Waals surface area contributed by atoms with Crippen LogP contribution in [-0.4, -0.2) is 23.7 Å². The first-order valence-electron chi connectivity index (χ1n) is 12.0. The number of hydrogen-bond acceptors (Lipinski definition) is 5. The highest BCUT2D eigenvalue weighted by Crippen LogP contribution is 2.18. The molecule has 35 heavy (non-hydrogen) atoms. The van der Waals surface area contributed by atoms with Crippen molar-refractivity contribution >= 4 is 18.0 Å². The minimum atomic E-state index is -0.565. The van der Waals surface area contributed by atoms with Crippen molar-refractivity contribution < 1.29 is 24.2 Å². The molecule has 5 nitrogen and oxygen atoms in total. The highest BCUT2D eigenvalue weighted by Gasteiger charge is 2.12. The van der Waals surface area contributed by atoms with Crippen LogP contribution < -0.4 is 4.74 Å². The molecule has 0 amide bonds. The van der Waals surface area contributed by atoms with E-state index in [0.29, 0.717) is 18.3 Å². The fourth-order valence-corrected chi connectivity index (χ4v) is 3.17. The van der Waals surface area contributed by atoms with E-state index in [1.165, 1.54) is 31.1 Å². The number of carbonyl (C=O) groups excluding carboxylic acids is 2. The first kappa shape index (κ1) is 27.4. The van der Waals surface area contributed by atoms with Gasteiger partial charge in [-0.3, -0.25) is 0 Å². The number of phenols is 1. The molecule has 1 atom stereocenters. The summed E-state index contributed by atoms with van der Waals surface area (Å²) in [7, 11) is 0. The molecular weight excluding hydrogens is 440 g/mol. The lowest BCUT2D eigenvalue weighted by atomic mass is 10.0. The van der Waals surface area contributed by atoms with Gasteiger partial charge in [0.05, 0.1) is 6.61 Å². The van der Waals surface area contributed by atoms with Gasteiger partial charge in [0.2, 0.25) is 0 Å². The summed E-state index contributed by atoms with van der Waals surface area (Å²) in [4.78, 5) is 23.3. The predicted octanol–water partition coefficient (Wildman–Crippen LogP) is 7.07. The van der Waals surface area contributed by atoms with E-state index in [9.17, 15) is 14.7 Å². The number of para-hydroxylation sites is 2. The SMILES string of the molecule is CCCCC(CC)COC(=O)/C=C/c1ccccc1.O=C(Oc1ccccc1)c1ccccc1O. The summed E-state index contributed by atoms with van der Waals surface area (Å²) < 4.78 is 10.4. The van der Waals surface area contributed by atoms with Crippen molar-refractivity contribution in [1.29, 1.82) is 0 Å². The smallest absolute Gasteiger partial charge is 0.347 e. The van der Waals surface area contributed by atoms with Crippen LogP contribution in [0.2, 0.25) is 0 Å². The topological polar surface area (TPSA) is 72.8 Å². The summed E-state index contributed by atoms with van der Waals surface area (Å²) in [5.74, 6) is 0.0521. The van der Waals surface area contributed by atoms with Crippen LogP contribution in [0.25, 0.3) is 6.08 Å². The zero-order valence-electron chi connectivity index (χ0n) is 20.4. The van der Waals surface area contributed by atoms with E-state index in [2.05, 4.69) is 13.8 Å². The maximum Gasteiger partial charge on any atom is 0.347 e. The quantitative estimate of drug-likeness (QED) is 0.193. The number of hydrogen-bond donors (Lipinski definition) is 1. The molecule has 0 spiro atoms. The van der Waals surface area contributed by atoms with Gasteiger partial charge in [0.15, 0.2) is 0 Å². The Morgan fingerprint density at radius 2 is 1.51 bits per heavy atom. The summed E-state index contributed by atoms with van der Waals surface area (Å²) in [5, 5.41) is 9.46. The molecule has 184 valence electrons. The second kappa shape index (κ2) is 15.9. The maximum absolute atomic E-state index is 11.7. The molecule has 0 fully saturated rings. The van der Waals surface area contributed by atoms with Crippen molar-refractivity contribution in [2.75, 3.05) is 6.61 Å². The Morgan fingerprint density at radius 1 is 0.886 bits per heavy atom. The number of rotatable bonds is 10. The van der Waals surface area contributed by atoms with E-state index >= 15 is 0 Å². The number of aromatic hydroxyl groups is 1. The van der Waals surface area contributed by atoms with Gasteiger partial charge in [0.25, 0.3) is 0 Å². The molecule has 1 N–H and O–H groups in total. The molecule has 3 aromatic rings. The number of esters is 2. The first-order valence-corrected chi connectivity index (χ1v) is 12.0. The van der Waals surface area contributed by atoms with Gasteiger partial charge in [0.1, 0.15) is 17.1 Å². The fraction of sp³-hybridized carbons (Fsp3) is 0.267. The summed E-state index contributed by atoms with van der Waals surface area (Å²) in [6.45, 7) is 4.86. The van der Waals surface area contributed by atoms with Gasteiger partial charge in [-0.25, -0.2) is 9.59 Å². The second-order valence-electron chi connectivity index (χ2n) is 8.01. The van der Waals surface area contributed by atoms with Crippen molar-refractivity contribution in [2.45, 2.75) is 39.5 Å². The van der Waals surface area contributed by atoms with Gasteiger partial charge < -0.3 is 14.6 Å². The van der Waals surface area contributed by atoms with Gasteiger partial charge in [-0.05, 0) is 48.2 Å². The van der Waals surface area contributed by atoms with Gasteiger partial charge in [-0.2, -0.15) is 0 Å². The number of unbranched alkanes of at least 4 members (excludes halogenated alkanes) is 1. The largest absolute Gasteiger partial charge is 0.507 e. The van der Waals surface area contributed by atoms with Crippen LogP contribution in [0.1, 0.15) is 55.5 Å². The van der Waals surface area contributed by atoms with Crippen LogP contribution in [0.3, 0.4) is 0 Å². The minimum absolute atomic E-state index is 0.0802. The molecule has 0 aliphatic carbocycles. The lowest BCUT2D eigenvalue weighted by Crippen LogP contribution is -2.12. The fourth-order valence-electron chi connectivity index (χ4n) is 3.17. The number of carbonyl (C=O) groups is 2. The molecule has 3 aromatic carbocycles. The van der Waals surface area contributed by atoms with Crippen molar-refractivity contribution in [1.82, 2.24) is 0 Å². The Kier molecular flexibility index (Phi) is 12.4. The molecule has 0 radical (unpaired) electrons. The molecule has 0 aliphatic heterocycles. The minimum Gasteiger partial charge on any atom is -0.507 e. The lowest BCUT2D eigenvalue weighted by molar-refractivity contribution is -0.139. The van der Waals surface area contributed by atoms with E-state index in [1.807, 2.05) is 36.4 Å². The Hall–Kier alpha value is -3.86. The Balaban J connectivity index is 0.000000250. The Bertz CT molecular complexity index is 1040. The molecule has 0 heterocycles. The Labute approximate surface area is 208 Å². The monoisotopic (exact) mass is 474 g/mol. The third-order valence-electron chi connectivity index (χ3n) is 5.29. The molecule has 0 aliphatic rings. The number of benzene rings is 3. The van der Waals surface area contributed by atoms with Gasteiger partial charge in [0, 0.05) is 6.08 Å². The standard InChI is InChI=1S/C17H24O2.C13H10O3/c1-3-5-9-15(4-2)14-19-17(18)13-12-16-10-7-6-8-11-16;14-12-9-5-4-8-11(12)13(15)16-10-6-2-1-3-7-10/h6-8,10-13,15H,3-5,9,14H2,1-2H3;1-9,14H/b13-12+;. The van der Waals surface area contributed by atoms with Gasteiger partial charge >= 0.3 is 11.9 Å². The van der Waals surface area contributed by atoms with E-state index < -0.39 is 5.97 Å². The van der Waals surface area contributed by atoms with Crippen molar-refractivity contribution in [3.05, 3.63) is 102 Å². The van der Waals surface area contributed by atoms with E-state index in [-0.39, 0.29) is 17.3 Å². The van der Waals surface area contributed by atoms with E-state index in [0.717, 1.165) is 18.4 Å². The predicted molar refractivity (Wildman–Crippen MR) is 139 cm³/mol. The molecule has 0 saturated heterocycles.